The van der Waals surface area contributed by atoms with Gasteiger partial charge in [-0.1, -0.05) is 18.2 Å². The second-order valence-corrected chi connectivity index (χ2v) is 7.67. The minimum atomic E-state index is -0.295. The molecule has 3 heterocycles. The SMILES string of the molecule is CCn1cnc2c(-c3ccc(F)c(-c4sc5ccccc5c4OC)c3)cnnc21. The fraction of sp³-hybridized carbons (Fsp3) is 0.136. The lowest BCUT2D eigenvalue weighted by Crippen LogP contribution is -1.95. The second-order valence-electron chi connectivity index (χ2n) is 6.62. The summed E-state index contributed by atoms with van der Waals surface area (Å²) >= 11 is 1.52. The van der Waals surface area contributed by atoms with Gasteiger partial charge in [0, 0.05) is 27.8 Å². The average molecular weight is 404 g/mol. The number of methoxy groups -OCH3 is 1. The number of benzene rings is 2. The molecule has 0 saturated carbocycles. The molecule has 0 amide bonds. The van der Waals surface area contributed by atoms with E-state index in [9.17, 15) is 4.39 Å². The smallest absolute Gasteiger partial charge is 0.183 e. The Morgan fingerprint density at radius 1 is 1.14 bits per heavy atom. The second kappa shape index (κ2) is 6.93. The third kappa shape index (κ3) is 2.77. The van der Waals surface area contributed by atoms with Crippen LogP contribution in [0.25, 0.3) is 42.8 Å². The summed E-state index contributed by atoms with van der Waals surface area (Å²) < 4.78 is 23.5. The topological polar surface area (TPSA) is 52.8 Å². The molecular weight excluding hydrogens is 387 g/mol. The van der Waals surface area contributed by atoms with Crippen LogP contribution in [0.1, 0.15) is 6.92 Å². The van der Waals surface area contributed by atoms with E-state index >= 15 is 0 Å². The first kappa shape index (κ1) is 17.8. The molecule has 0 fully saturated rings. The molecule has 3 aromatic heterocycles. The zero-order chi connectivity index (χ0) is 20.0. The van der Waals surface area contributed by atoms with Gasteiger partial charge in [0.05, 0.1) is 24.5 Å². The van der Waals surface area contributed by atoms with Crippen molar-refractivity contribution in [2.75, 3.05) is 7.11 Å². The van der Waals surface area contributed by atoms with E-state index in [1.165, 1.54) is 17.4 Å². The Balaban J connectivity index is 1.73. The lowest BCUT2D eigenvalue weighted by atomic mass is 10.0. The lowest BCUT2D eigenvalue weighted by molar-refractivity contribution is 0.422. The number of halogens is 1. The molecule has 5 nitrogen and oxygen atoms in total. The number of hydrogen-bond acceptors (Lipinski definition) is 5. The molecule has 0 aliphatic heterocycles. The van der Waals surface area contributed by atoms with Crippen LogP contribution in [0.4, 0.5) is 4.39 Å². The van der Waals surface area contributed by atoms with Crippen LogP contribution in [-0.4, -0.2) is 26.9 Å². The molecule has 144 valence electrons. The highest BCUT2D eigenvalue weighted by molar-refractivity contribution is 7.22. The van der Waals surface area contributed by atoms with Gasteiger partial charge in [-0.05, 0) is 36.8 Å². The molecule has 0 saturated heterocycles. The highest BCUT2D eigenvalue weighted by Crippen LogP contribution is 2.45. The number of thiophene rings is 1. The molecule has 0 atom stereocenters. The molecule has 0 aliphatic carbocycles. The molecule has 0 spiro atoms. The van der Waals surface area contributed by atoms with Crippen molar-refractivity contribution in [3.8, 4) is 27.3 Å². The van der Waals surface area contributed by atoms with Crippen LogP contribution in [0.5, 0.6) is 5.75 Å². The number of aromatic nitrogens is 4. The lowest BCUT2D eigenvalue weighted by Gasteiger charge is -2.08. The van der Waals surface area contributed by atoms with Crippen LogP contribution in [0, 0.1) is 5.82 Å². The van der Waals surface area contributed by atoms with Gasteiger partial charge >= 0.3 is 0 Å². The highest BCUT2D eigenvalue weighted by Gasteiger charge is 2.19. The summed E-state index contributed by atoms with van der Waals surface area (Å²) in [5.41, 5.74) is 3.63. The molecule has 7 heteroatoms. The third-order valence-electron chi connectivity index (χ3n) is 5.02. The summed E-state index contributed by atoms with van der Waals surface area (Å²) in [6.07, 6.45) is 3.43. The summed E-state index contributed by atoms with van der Waals surface area (Å²) in [4.78, 5) is 5.27. The van der Waals surface area contributed by atoms with Crippen LogP contribution in [0.15, 0.2) is 55.0 Å². The van der Waals surface area contributed by atoms with Crippen LogP contribution in [0.2, 0.25) is 0 Å². The monoisotopic (exact) mass is 404 g/mol. The van der Waals surface area contributed by atoms with Crippen LogP contribution >= 0.6 is 11.3 Å². The predicted molar refractivity (Wildman–Crippen MR) is 114 cm³/mol. The molecule has 0 N–H and O–H groups in total. The Hall–Kier alpha value is -3.32. The number of imidazole rings is 1. The normalized spacial score (nSPS) is 11.4. The Labute approximate surface area is 170 Å². The maximum absolute atomic E-state index is 14.9. The molecule has 0 bridgehead atoms. The van der Waals surface area contributed by atoms with Crippen LogP contribution in [0.3, 0.4) is 0 Å². The minimum Gasteiger partial charge on any atom is -0.495 e. The first-order valence-corrected chi connectivity index (χ1v) is 10.0. The Bertz CT molecular complexity index is 1360. The van der Waals surface area contributed by atoms with E-state index in [4.69, 9.17) is 4.74 Å². The summed E-state index contributed by atoms with van der Waals surface area (Å²) in [7, 11) is 1.62. The van der Waals surface area contributed by atoms with Gasteiger partial charge in [-0.25, -0.2) is 9.37 Å². The van der Waals surface area contributed by atoms with E-state index in [1.54, 1.807) is 25.7 Å². The van der Waals surface area contributed by atoms with E-state index in [-0.39, 0.29) is 5.82 Å². The standard InChI is InChI=1S/C22H17FN4OS/c1-3-27-12-24-19-16(11-25-26-22(19)27)13-8-9-17(23)15(10-13)21-20(28-2)14-6-4-5-7-18(14)29-21/h4-12H,3H2,1-2H3. The van der Waals surface area contributed by atoms with Gasteiger partial charge in [-0.2, -0.15) is 5.10 Å². The Kier molecular flexibility index (Phi) is 4.24. The number of ether oxygens (including phenoxy) is 1. The average Bonchev–Trinajstić information content (AvgIpc) is 3.35. The van der Waals surface area contributed by atoms with E-state index in [0.717, 1.165) is 43.8 Å². The van der Waals surface area contributed by atoms with Crippen LogP contribution < -0.4 is 4.74 Å². The van der Waals surface area contributed by atoms with Crippen molar-refractivity contribution in [3.63, 3.8) is 0 Å². The van der Waals surface area contributed by atoms with Gasteiger partial charge in [0.15, 0.2) is 5.65 Å². The number of rotatable bonds is 4. The van der Waals surface area contributed by atoms with E-state index in [2.05, 4.69) is 15.2 Å². The number of nitrogens with zero attached hydrogens (tertiary/aromatic N) is 4. The van der Waals surface area contributed by atoms with Gasteiger partial charge in [0.25, 0.3) is 0 Å². The van der Waals surface area contributed by atoms with Crippen molar-refractivity contribution in [2.24, 2.45) is 0 Å². The molecule has 0 radical (unpaired) electrons. The molecule has 2 aromatic carbocycles. The van der Waals surface area contributed by atoms with Gasteiger partial charge in [-0.15, -0.1) is 16.4 Å². The van der Waals surface area contributed by atoms with Gasteiger partial charge in [-0.3, -0.25) is 0 Å². The zero-order valence-electron chi connectivity index (χ0n) is 15.9. The fourth-order valence-electron chi connectivity index (χ4n) is 3.58. The summed E-state index contributed by atoms with van der Waals surface area (Å²) in [6.45, 7) is 2.78. The first-order chi connectivity index (χ1) is 14.2. The maximum atomic E-state index is 14.9. The molecule has 0 aliphatic rings. The van der Waals surface area contributed by atoms with Crippen molar-refractivity contribution in [3.05, 3.63) is 60.8 Å². The minimum absolute atomic E-state index is 0.295. The van der Waals surface area contributed by atoms with Crippen LogP contribution in [-0.2, 0) is 6.54 Å². The van der Waals surface area contributed by atoms with Crippen molar-refractivity contribution < 1.29 is 9.13 Å². The molecule has 5 rings (SSSR count). The predicted octanol–water partition coefficient (Wildman–Crippen LogP) is 5.54. The third-order valence-corrected chi connectivity index (χ3v) is 6.21. The van der Waals surface area contributed by atoms with E-state index in [0.29, 0.717) is 11.3 Å². The van der Waals surface area contributed by atoms with Gasteiger partial charge < -0.3 is 9.30 Å². The zero-order valence-corrected chi connectivity index (χ0v) is 16.7. The molecule has 5 aromatic rings. The van der Waals surface area contributed by atoms with Crippen molar-refractivity contribution >= 4 is 32.6 Å². The summed E-state index contributed by atoms with van der Waals surface area (Å²) in [5, 5.41) is 9.33. The van der Waals surface area contributed by atoms with Crippen molar-refractivity contribution in [1.82, 2.24) is 19.7 Å². The Morgan fingerprint density at radius 2 is 2.00 bits per heavy atom. The fourth-order valence-corrected chi connectivity index (χ4v) is 4.77. The van der Waals surface area contributed by atoms with Gasteiger partial charge in [0.2, 0.25) is 0 Å². The highest BCUT2D eigenvalue weighted by atomic mass is 32.1. The largest absolute Gasteiger partial charge is 0.495 e. The maximum Gasteiger partial charge on any atom is 0.183 e. The van der Waals surface area contributed by atoms with Crippen molar-refractivity contribution in [1.29, 1.82) is 0 Å². The number of hydrogen-bond donors (Lipinski definition) is 0. The van der Waals surface area contributed by atoms with Gasteiger partial charge in [0.1, 0.15) is 17.1 Å². The number of aryl methyl sites for hydroxylation is 1. The molecular formula is C22H17FN4OS. The molecule has 0 unspecified atom stereocenters. The van der Waals surface area contributed by atoms with E-state index < -0.39 is 0 Å². The van der Waals surface area contributed by atoms with E-state index in [1.807, 2.05) is 41.8 Å². The molecule has 29 heavy (non-hydrogen) atoms. The number of fused-ring (bicyclic) bond motifs is 2. The Morgan fingerprint density at radius 3 is 2.83 bits per heavy atom. The first-order valence-electron chi connectivity index (χ1n) is 9.23. The quantitative estimate of drug-likeness (QED) is 0.394. The summed E-state index contributed by atoms with van der Waals surface area (Å²) in [5.74, 6) is 0.394. The summed E-state index contributed by atoms with van der Waals surface area (Å²) in [6, 6.07) is 13.0. The van der Waals surface area contributed by atoms with Crippen molar-refractivity contribution in [2.45, 2.75) is 13.5 Å².